The molecule has 0 atom stereocenters. The fourth-order valence-corrected chi connectivity index (χ4v) is 22.7. The number of allylic oxidation sites excluding steroid dienone is 6. The Hall–Kier alpha value is -10.6. The second kappa shape index (κ2) is 23.0. The van der Waals surface area contributed by atoms with Crippen molar-refractivity contribution in [2.24, 2.45) is 0 Å². The van der Waals surface area contributed by atoms with Gasteiger partial charge in [-0.25, -0.2) is 17.6 Å². The molecule has 8 nitrogen and oxygen atoms in total. The quantitative estimate of drug-likeness (QED) is 0.0747. The summed E-state index contributed by atoms with van der Waals surface area (Å²) in [7, 11) is 3.15. The number of fused-ring (bicyclic) bond motifs is 11. The molecule has 12 aromatic rings. The average Bonchev–Trinajstić information content (AvgIpc) is 1.48. The zero-order chi connectivity index (χ0) is 68.1. The van der Waals surface area contributed by atoms with Crippen LogP contribution in [-0.2, 0) is 10.8 Å². The second-order valence-electron chi connectivity index (χ2n) is 24.4. The molecule has 0 spiro atoms. The van der Waals surface area contributed by atoms with Crippen molar-refractivity contribution >= 4 is 112 Å². The van der Waals surface area contributed by atoms with Gasteiger partial charge in [-0.05, 0) is 133 Å². The van der Waals surface area contributed by atoms with Gasteiger partial charge in [0.25, 0.3) is 0 Å². The number of halogens is 4. The molecule has 0 N–H and O–H groups in total. The van der Waals surface area contributed by atoms with Gasteiger partial charge in [0.1, 0.15) is 46.9 Å². The van der Waals surface area contributed by atoms with E-state index in [4.69, 9.17) is 9.47 Å². The van der Waals surface area contributed by atoms with Crippen LogP contribution >= 0.6 is 68.0 Å². The number of hydrogen-bond acceptors (Lipinski definition) is 14. The molecule has 0 amide bonds. The van der Waals surface area contributed by atoms with Gasteiger partial charge in [-0.2, -0.15) is 21.0 Å². The maximum atomic E-state index is 14.9. The fourth-order valence-electron chi connectivity index (χ4n) is 14.5. The van der Waals surface area contributed by atoms with E-state index in [9.17, 15) is 48.2 Å². The summed E-state index contributed by atoms with van der Waals surface area (Å²) in [5.74, 6) is -5.16. The zero-order valence-corrected chi connectivity index (χ0v) is 57.3. The highest BCUT2D eigenvalue weighted by Gasteiger charge is 2.55. The third-order valence-corrected chi connectivity index (χ3v) is 26.5. The zero-order valence-electron chi connectivity index (χ0n) is 52.4. The molecule has 4 aliphatic rings. The normalized spacial score (nSPS) is 15.0. The third kappa shape index (κ3) is 8.89. The number of carbonyl (C=O) groups is 2. The lowest BCUT2D eigenvalue weighted by Crippen LogP contribution is -2.28. The summed E-state index contributed by atoms with van der Waals surface area (Å²) in [4.78, 5) is 37.1. The Balaban J connectivity index is 0.930. The van der Waals surface area contributed by atoms with Crippen molar-refractivity contribution < 1.29 is 36.6 Å². The predicted molar refractivity (Wildman–Crippen MR) is 382 cm³/mol. The van der Waals surface area contributed by atoms with E-state index >= 15 is 0 Å². The lowest BCUT2D eigenvalue weighted by atomic mass is 9.67. The van der Waals surface area contributed by atoms with Gasteiger partial charge in [-0.1, -0.05) is 119 Å². The minimum atomic E-state index is -1.23. The summed E-state index contributed by atoms with van der Waals surface area (Å²) in [5, 5.41) is 40.5. The van der Waals surface area contributed by atoms with E-state index in [0.29, 0.717) is 21.3 Å². The van der Waals surface area contributed by atoms with Crippen LogP contribution in [0.3, 0.4) is 0 Å². The maximum absolute atomic E-state index is 14.9. The van der Waals surface area contributed by atoms with E-state index in [2.05, 4.69) is 137 Å². The largest absolute Gasteiger partial charge is 0.495 e. The van der Waals surface area contributed by atoms with Gasteiger partial charge in [-0.3, -0.25) is 9.59 Å². The summed E-state index contributed by atoms with van der Waals surface area (Å²) in [5.41, 5.74) is 9.85. The molecule has 6 aromatic heterocycles. The highest BCUT2D eigenvalue weighted by molar-refractivity contribution is 7.35. The minimum Gasteiger partial charge on any atom is -0.495 e. The molecule has 4 aliphatic carbocycles. The SMILES string of the molecule is COc1cc(/C=C2\C(=O)c3cc(F)c(F)cc3C2=C(C#N)C#N)sc1-c1cc2c(s1)-c1sc3c4c(sc3c1C2(c1ccc(C)cc1)c1ccc(C)cc1)-c1sc(-c2sc(/C=C3\C(=O)c5cc(F)c(F)cc5C3=C(C#N)C#N)cc2OC)cc1C4(c1ccc(C)cc1)c1ccc(C)cc1. The van der Waals surface area contributed by atoms with Crippen molar-refractivity contribution in [1.29, 1.82) is 21.0 Å². The van der Waals surface area contributed by atoms with Crippen LogP contribution in [0, 0.1) is 96.3 Å². The first-order valence-electron chi connectivity index (χ1n) is 30.5. The number of thiophene rings is 6. The highest BCUT2D eigenvalue weighted by Crippen LogP contribution is 2.71. The molecular formula is C80H44F4N4O4S6. The Morgan fingerprint density at radius 1 is 0.398 bits per heavy atom. The van der Waals surface area contributed by atoms with Gasteiger partial charge in [0.15, 0.2) is 34.8 Å². The van der Waals surface area contributed by atoms with Crippen LogP contribution in [0.15, 0.2) is 168 Å². The first kappa shape index (κ1) is 62.2. The summed E-state index contributed by atoms with van der Waals surface area (Å²) in [6.07, 6.45) is 3.12. The fraction of sp³-hybridized carbons (Fsp3) is 0.100. The van der Waals surface area contributed by atoms with E-state index in [0.717, 1.165) is 139 Å². The second-order valence-corrected chi connectivity index (χ2v) is 30.7. The van der Waals surface area contributed by atoms with Crippen molar-refractivity contribution in [2.45, 2.75) is 38.5 Å². The first-order chi connectivity index (χ1) is 47.4. The Bertz CT molecular complexity index is 5410. The number of rotatable bonds is 10. The number of carbonyl (C=O) groups excluding carboxylic acids is 2. The Kier molecular flexibility index (Phi) is 14.6. The van der Waals surface area contributed by atoms with Crippen molar-refractivity contribution in [2.75, 3.05) is 14.2 Å². The van der Waals surface area contributed by atoms with Crippen LogP contribution in [0.4, 0.5) is 17.6 Å². The standard InChI is InChI=1S/C80H44F4N4O4S6/c1-37-7-15-43(16-8-37)79(44-17-9-38(2)10-18-44)55-31-63(73-61(91-5)25-47(93-73)23-53-65(41(33-85)34-86)49-27-57(81)59(83)29-51(49)69(53)89)95-71(55)75-67(79)77-78(97-75)68-76(98-77)72-56(80(68,45-19-11-39(3)12-20-45)46-21-13-40(4)14-22-46)32-64(96-72)74-62(92-6)26-48(94-74)24-54-66(42(35-87)36-88)50-28-58(82)60(84)30-52(50)70(54)90/h7-32H,1-6H3/b53-23-,54-24-. The number of benzene rings is 6. The third-order valence-electron chi connectivity index (χ3n) is 18.9. The number of methoxy groups -OCH3 is 2. The van der Waals surface area contributed by atoms with Crippen LogP contribution in [0.25, 0.3) is 71.7 Å². The number of hydrogen-bond donors (Lipinski definition) is 0. The van der Waals surface area contributed by atoms with Gasteiger partial charge < -0.3 is 9.47 Å². The topological polar surface area (TPSA) is 148 Å². The van der Waals surface area contributed by atoms with Gasteiger partial charge in [-0.15, -0.1) is 68.0 Å². The Morgan fingerprint density at radius 3 is 1.00 bits per heavy atom. The number of aryl methyl sites for hydroxylation is 4. The molecule has 0 bridgehead atoms. The molecule has 0 radical (unpaired) electrons. The van der Waals surface area contributed by atoms with E-state index in [-0.39, 0.29) is 44.5 Å². The maximum Gasteiger partial charge on any atom is 0.194 e. The van der Waals surface area contributed by atoms with Crippen molar-refractivity contribution in [3.8, 4) is 74.8 Å². The van der Waals surface area contributed by atoms with Crippen molar-refractivity contribution in [3.05, 3.63) is 290 Å². The van der Waals surface area contributed by atoms with E-state index < -0.39 is 56.8 Å². The molecule has 0 saturated heterocycles. The summed E-state index contributed by atoms with van der Waals surface area (Å²) >= 11 is 9.59. The van der Waals surface area contributed by atoms with Crippen LogP contribution in [0.2, 0.25) is 0 Å². The lowest BCUT2D eigenvalue weighted by molar-refractivity contribution is 0.103. The molecule has 6 aromatic carbocycles. The lowest BCUT2D eigenvalue weighted by Gasteiger charge is -2.34. The molecule has 0 unspecified atom stereocenters. The molecule has 18 heteroatoms. The van der Waals surface area contributed by atoms with Gasteiger partial charge >= 0.3 is 0 Å². The molecular weight excluding hydrogens is 1350 g/mol. The molecule has 98 heavy (non-hydrogen) atoms. The Labute approximate surface area is 583 Å². The molecule has 16 rings (SSSR count). The van der Waals surface area contributed by atoms with Crippen LogP contribution in [0.1, 0.15) is 108 Å². The van der Waals surface area contributed by atoms with Crippen LogP contribution in [0.5, 0.6) is 11.5 Å². The minimum absolute atomic E-state index is 0.0336. The van der Waals surface area contributed by atoms with E-state index in [1.165, 1.54) is 22.7 Å². The summed E-state index contributed by atoms with van der Waals surface area (Å²) in [6, 6.07) is 54.0. The number of ether oxygens (including phenoxy) is 2. The first-order valence-corrected chi connectivity index (χ1v) is 35.4. The smallest absolute Gasteiger partial charge is 0.194 e. The molecule has 0 saturated carbocycles. The predicted octanol–water partition coefficient (Wildman–Crippen LogP) is 21.2. The van der Waals surface area contributed by atoms with Gasteiger partial charge in [0.2, 0.25) is 0 Å². The Morgan fingerprint density at radius 2 is 0.704 bits per heavy atom. The number of ketones is 2. The number of nitrogens with zero attached hydrogens (tertiary/aromatic N) is 4. The van der Waals surface area contributed by atoms with Gasteiger partial charge in [0.05, 0.1) is 63.7 Å². The monoisotopic (exact) mass is 1390 g/mol. The summed E-state index contributed by atoms with van der Waals surface area (Å²) in [6.45, 7) is 8.32. The van der Waals surface area contributed by atoms with E-state index in [1.54, 1.807) is 83.9 Å². The highest BCUT2D eigenvalue weighted by atomic mass is 32.1. The molecule has 0 fully saturated rings. The average molecular weight is 1390 g/mol. The van der Waals surface area contributed by atoms with Gasteiger partial charge in [0, 0.05) is 64.1 Å². The van der Waals surface area contributed by atoms with Crippen LogP contribution < -0.4 is 9.47 Å². The van der Waals surface area contributed by atoms with E-state index in [1.807, 2.05) is 24.3 Å². The van der Waals surface area contributed by atoms with Crippen molar-refractivity contribution in [1.82, 2.24) is 0 Å². The molecule has 0 aliphatic heterocycles. The van der Waals surface area contributed by atoms with Crippen molar-refractivity contribution in [3.63, 3.8) is 0 Å². The van der Waals surface area contributed by atoms with Crippen LogP contribution in [-0.4, -0.2) is 25.8 Å². The summed E-state index contributed by atoms with van der Waals surface area (Å²) < 4.78 is 73.9. The number of Topliss-reactive ketones (excluding diaryl/α,β-unsaturated/α-hetero) is 2. The number of nitriles is 4. The molecule has 472 valence electrons. The molecule has 6 heterocycles.